The third-order valence-corrected chi connectivity index (χ3v) is 6.08. The maximum Gasteiger partial charge on any atom is 0.251 e. The predicted molar refractivity (Wildman–Crippen MR) is 115 cm³/mol. The van der Waals surface area contributed by atoms with Crippen LogP contribution in [0.2, 0.25) is 0 Å². The summed E-state index contributed by atoms with van der Waals surface area (Å²) in [5, 5.41) is 0. The normalized spacial score (nSPS) is 21.2. The van der Waals surface area contributed by atoms with Crippen LogP contribution >= 0.6 is 0 Å². The molecular weight excluding hydrogens is 362 g/mol. The average Bonchev–Trinajstić information content (AvgIpc) is 2.97. The second kappa shape index (κ2) is 8.09. The Morgan fingerprint density at radius 2 is 1.52 bits per heavy atom. The predicted octanol–water partition coefficient (Wildman–Crippen LogP) is 3.06. The molecule has 2 aromatic rings. The number of carbonyl (C=O) groups is 2. The Bertz CT molecular complexity index is 894. The van der Waals surface area contributed by atoms with Crippen LogP contribution in [-0.4, -0.2) is 53.8 Å². The number of amides is 2. The number of benzene rings is 2. The van der Waals surface area contributed by atoms with E-state index in [1.165, 1.54) is 10.5 Å². The maximum absolute atomic E-state index is 13.2. The van der Waals surface area contributed by atoms with Crippen LogP contribution in [0.5, 0.6) is 0 Å². The van der Waals surface area contributed by atoms with Crippen LogP contribution in [0.1, 0.15) is 28.7 Å². The third kappa shape index (κ3) is 3.98. The SMILES string of the molecule is Cc1cc(C)c(N2C(=O)C[C@H](N3CCN(Cc4ccccc4)CC3)C2=O)c(C)c1. The van der Waals surface area contributed by atoms with Gasteiger partial charge in [0, 0.05) is 32.7 Å². The molecular formula is C24H29N3O2. The molecule has 2 heterocycles. The molecule has 0 bridgehead atoms. The van der Waals surface area contributed by atoms with E-state index in [-0.39, 0.29) is 24.3 Å². The Kier molecular flexibility index (Phi) is 5.52. The lowest BCUT2D eigenvalue weighted by atomic mass is 10.0. The topological polar surface area (TPSA) is 43.9 Å². The summed E-state index contributed by atoms with van der Waals surface area (Å²) in [5.41, 5.74) is 5.20. The third-order valence-electron chi connectivity index (χ3n) is 6.08. The molecule has 0 N–H and O–H groups in total. The molecule has 1 atom stereocenters. The van der Waals surface area contributed by atoms with Gasteiger partial charge in [-0.15, -0.1) is 0 Å². The molecule has 152 valence electrons. The molecule has 2 amide bonds. The summed E-state index contributed by atoms with van der Waals surface area (Å²) in [6, 6.07) is 14.2. The monoisotopic (exact) mass is 391 g/mol. The van der Waals surface area contributed by atoms with Crippen molar-refractivity contribution in [3.8, 4) is 0 Å². The van der Waals surface area contributed by atoms with Gasteiger partial charge in [0.15, 0.2) is 0 Å². The van der Waals surface area contributed by atoms with Gasteiger partial charge in [-0.25, -0.2) is 4.90 Å². The molecule has 2 fully saturated rings. The number of anilines is 1. The summed E-state index contributed by atoms with van der Waals surface area (Å²) in [7, 11) is 0. The second-order valence-electron chi connectivity index (χ2n) is 8.33. The fourth-order valence-electron chi connectivity index (χ4n) is 4.74. The van der Waals surface area contributed by atoms with E-state index in [1.54, 1.807) is 0 Å². The smallest absolute Gasteiger partial charge is 0.251 e. The van der Waals surface area contributed by atoms with Crippen LogP contribution in [0.15, 0.2) is 42.5 Å². The van der Waals surface area contributed by atoms with E-state index in [0.29, 0.717) is 0 Å². The molecule has 29 heavy (non-hydrogen) atoms. The summed E-state index contributed by atoms with van der Waals surface area (Å²) >= 11 is 0. The molecule has 5 nitrogen and oxygen atoms in total. The number of aryl methyl sites for hydroxylation is 3. The van der Waals surface area contributed by atoms with Gasteiger partial charge in [0.1, 0.15) is 0 Å². The van der Waals surface area contributed by atoms with Gasteiger partial charge in [-0.05, 0) is 37.5 Å². The zero-order chi connectivity index (χ0) is 20.5. The zero-order valence-electron chi connectivity index (χ0n) is 17.5. The summed E-state index contributed by atoms with van der Waals surface area (Å²) in [6.07, 6.45) is 0.282. The number of carbonyl (C=O) groups excluding carboxylic acids is 2. The first-order valence-electron chi connectivity index (χ1n) is 10.4. The molecule has 2 aromatic carbocycles. The van der Waals surface area contributed by atoms with E-state index in [2.05, 4.69) is 34.1 Å². The van der Waals surface area contributed by atoms with E-state index in [9.17, 15) is 9.59 Å². The van der Waals surface area contributed by atoms with Crippen molar-refractivity contribution in [2.75, 3.05) is 31.1 Å². The fraction of sp³-hybridized carbons (Fsp3) is 0.417. The first kappa shape index (κ1) is 19.8. The molecule has 2 aliphatic rings. The van der Waals surface area contributed by atoms with Gasteiger partial charge in [0.2, 0.25) is 5.91 Å². The van der Waals surface area contributed by atoms with Gasteiger partial charge < -0.3 is 0 Å². The number of hydrogen-bond acceptors (Lipinski definition) is 4. The van der Waals surface area contributed by atoms with Crippen LogP contribution in [0.3, 0.4) is 0 Å². The first-order valence-corrected chi connectivity index (χ1v) is 10.4. The van der Waals surface area contributed by atoms with Crippen molar-refractivity contribution >= 4 is 17.5 Å². The van der Waals surface area contributed by atoms with Crippen LogP contribution in [0.25, 0.3) is 0 Å². The standard InChI is InChI=1S/C24H29N3O2/c1-17-13-18(2)23(19(3)14-17)27-22(28)15-21(24(27)29)26-11-9-25(10-12-26)16-20-7-5-4-6-8-20/h4-8,13-14,21H,9-12,15-16H2,1-3H3/t21-/m0/s1. The van der Waals surface area contributed by atoms with Gasteiger partial charge in [-0.2, -0.15) is 0 Å². The fourth-order valence-corrected chi connectivity index (χ4v) is 4.74. The highest BCUT2D eigenvalue weighted by Crippen LogP contribution is 2.32. The molecule has 0 radical (unpaired) electrons. The van der Waals surface area contributed by atoms with Crippen molar-refractivity contribution in [2.45, 2.75) is 39.8 Å². The van der Waals surface area contributed by atoms with Gasteiger partial charge in [-0.3, -0.25) is 19.4 Å². The van der Waals surface area contributed by atoms with Crippen LogP contribution < -0.4 is 4.90 Å². The van der Waals surface area contributed by atoms with E-state index < -0.39 is 0 Å². The summed E-state index contributed by atoms with van der Waals surface area (Å²) in [6.45, 7) is 10.4. The number of imide groups is 1. The van der Waals surface area contributed by atoms with E-state index in [4.69, 9.17) is 0 Å². The Balaban J connectivity index is 1.44. The Hall–Kier alpha value is -2.50. The number of rotatable bonds is 4. The number of hydrogen-bond donors (Lipinski definition) is 0. The minimum Gasteiger partial charge on any atom is -0.297 e. The van der Waals surface area contributed by atoms with Crippen molar-refractivity contribution < 1.29 is 9.59 Å². The van der Waals surface area contributed by atoms with E-state index >= 15 is 0 Å². The van der Waals surface area contributed by atoms with Crippen LogP contribution in [0, 0.1) is 20.8 Å². The van der Waals surface area contributed by atoms with Crippen LogP contribution in [-0.2, 0) is 16.1 Å². The largest absolute Gasteiger partial charge is 0.297 e. The highest BCUT2D eigenvalue weighted by atomic mass is 16.2. The maximum atomic E-state index is 13.2. The van der Waals surface area contributed by atoms with E-state index in [0.717, 1.165) is 55.1 Å². The second-order valence-corrected chi connectivity index (χ2v) is 8.33. The summed E-state index contributed by atoms with van der Waals surface area (Å²) in [5.74, 6) is -0.150. The van der Waals surface area contributed by atoms with Gasteiger partial charge in [-0.1, -0.05) is 48.0 Å². The summed E-state index contributed by atoms with van der Waals surface area (Å²) in [4.78, 5) is 32.1. The van der Waals surface area contributed by atoms with Crippen molar-refractivity contribution in [3.05, 3.63) is 64.7 Å². The van der Waals surface area contributed by atoms with Crippen molar-refractivity contribution in [1.82, 2.24) is 9.80 Å². The molecule has 0 saturated carbocycles. The Labute approximate surface area is 172 Å². The average molecular weight is 392 g/mol. The first-order chi connectivity index (χ1) is 13.9. The molecule has 4 rings (SSSR count). The van der Waals surface area contributed by atoms with Gasteiger partial charge >= 0.3 is 0 Å². The highest BCUT2D eigenvalue weighted by Gasteiger charge is 2.44. The number of nitrogens with zero attached hydrogens (tertiary/aromatic N) is 3. The van der Waals surface area contributed by atoms with Crippen molar-refractivity contribution in [1.29, 1.82) is 0 Å². The lowest BCUT2D eigenvalue weighted by molar-refractivity contribution is -0.123. The Morgan fingerprint density at radius 3 is 2.14 bits per heavy atom. The van der Waals surface area contributed by atoms with Gasteiger partial charge in [0.05, 0.1) is 18.2 Å². The van der Waals surface area contributed by atoms with E-state index in [1.807, 2.05) is 39.0 Å². The van der Waals surface area contributed by atoms with Crippen LogP contribution in [0.4, 0.5) is 5.69 Å². The van der Waals surface area contributed by atoms with Gasteiger partial charge in [0.25, 0.3) is 5.91 Å². The molecule has 0 aromatic heterocycles. The minimum atomic E-state index is -0.332. The molecule has 2 saturated heterocycles. The lowest BCUT2D eigenvalue weighted by Crippen LogP contribution is -2.52. The molecule has 2 aliphatic heterocycles. The zero-order valence-corrected chi connectivity index (χ0v) is 17.5. The number of piperazine rings is 1. The Morgan fingerprint density at radius 1 is 0.897 bits per heavy atom. The molecule has 0 spiro atoms. The molecule has 0 unspecified atom stereocenters. The summed E-state index contributed by atoms with van der Waals surface area (Å²) < 4.78 is 0. The van der Waals surface area contributed by atoms with Crippen molar-refractivity contribution in [2.24, 2.45) is 0 Å². The highest BCUT2D eigenvalue weighted by molar-refractivity contribution is 6.23. The molecule has 5 heteroatoms. The van der Waals surface area contributed by atoms with Crippen molar-refractivity contribution in [3.63, 3.8) is 0 Å². The molecule has 0 aliphatic carbocycles. The lowest BCUT2D eigenvalue weighted by Gasteiger charge is -2.37. The quantitative estimate of drug-likeness (QED) is 0.752. The minimum absolute atomic E-state index is 0.0680.